The molecule has 0 spiro atoms. The van der Waals surface area contributed by atoms with Crippen LogP contribution in [0.25, 0.3) is 0 Å². The van der Waals surface area contributed by atoms with Gasteiger partial charge in [-0.25, -0.2) is 0 Å². The van der Waals surface area contributed by atoms with Crippen LogP contribution in [0.1, 0.15) is 30.4 Å². The molecule has 4 nitrogen and oxygen atoms in total. The lowest BCUT2D eigenvalue weighted by atomic mass is 9.84. The number of nitrogens with two attached hydrogens (primary N) is 1. The molecule has 0 saturated carbocycles. The van der Waals surface area contributed by atoms with Crippen molar-refractivity contribution in [2.45, 2.75) is 38.8 Å². The molecule has 2 atom stereocenters. The summed E-state index contributed by atoms with van der Waals surface area (Å²) in [4.78, 5) is 13.9. The SMILES string of the molecule is Cc1ccc(CN)c(N2CCC3NC(=O)CCC3C2)c1. The van der Waals surface area contributed by atoms with Crippen molar-refractivity contribution in [3.63, 3.8) is 0 Å². The number of piperidine rings is 2. The number of anilines is 1. The van der Waals surface area contributed by atoms with Gasteiger partial charge in [-0.05, 0) is 42.9 Å². The molecule has 1 amide bonds. The largest absolute Gasteiger partial charge is 0.371 e. The number of benzene rings is 1. The molecule has 1 aromatic carbocycles. The Hall–Kier alpha value is -1.55. The van der Waals surface area contributed by atoms with Gasteiger partial charge in [0.05, 0.1) is 0 Å². The molecular formula is C16H23N3O. The lowest BCUT2D eigenvalue weighted by molar-refractivity contribution is -0.124. The first-order chi connectivity index (χ1) is 9.67. The van der Waals surface area contributed by atoms with Crippen LogP contribution in [0.15, 0.2) is 18.2 Å². The van der Waals surface area contributed by atoms with Gasteiger partial charge in [-0.3, -0.25) is 4.79 Å². The summed E-state index contributed by atoms with van der Waals surface area (Å²) < 4.78 is 0. The molecule has 2 aliphatic heterocycles. The van der Waals surface area contributed by atoms with Crippen molar-refractivity contribution in [1.82, 2.24) is 5.32 Å². The Morgan fingerprint density at radius 2 is 2.25 bits per heavy atom. The second-order valence-corrected chi connectivity index (χ2v) is 6.04. The molecule has 2 saturated heterocycles. The maximum Gasteiger partial charge on any atom is 0.220 e. The molecule has 3 N–H and O–H groups in total. The van der Waals surface area contributed by atoms with E-state index in [1.165, 1.54) is 16.8 Å². The molecule has 0 radical (unpaired) electrons. The van der Waals surface area contributed by atoms with E-state index in [9.17, 15) is 4.79 Å². The van der Waals surface area contributed by atoms with E-state index in [0.717, 1.165) is 25.9 Å². The number of hydrogen-bond donors (Lipinski definition) is 2. The number of fused-ring (bicyclic) bond motifs is 1. The Morgan fingerprint density at radius 3 is 3.05 bits per heavy atom. The third kappa shape index (κ3) is 2.52. The summed E-state index contributed by atoms with van der Waals surface area (Å²) >= 11 is 0. The summed E-state index contributed by atoms with van der Waals surface area (Å²) in [6.45, 7) is 4.73. The monoisotopic (exact) mass is 273 g/mol. The van der Waals surface area contributed by atoms with E-state index in [4.69, 9.17) is 5.73 Å². The fraction of sp³-hybridized carbons (Fsp3) is 0.562. The van der Waals surface area contributed by atoms with Crippen LogP contribution in [0.3, 0.4) is 0 Å². The van der Waals surface area contributed by atoms with Gasteiger partial charge >= 0.3 is 0 Å². The molecule has 0 aromatic heterocycles. The maximum absolute atomic E-state index is 11.5. The maximum atomic E-state index is 11.5. The van der Waals surface area contributed by atoms with Gasteiger partial charge in [0.15, 0.2) is 0 Å². The van der Waals surface area contributed by atoms with Crippen LogP contribution in [-0.4, -0.2) is 25.0 Å². The molecule has 2 heterocycles. The van der Waals surface area contributed by atoms with Crippen LogP contribution in [0.2, 0.25) is 0 Å². The van der Waals surface area contributed by atoms with Gasteiger partial charge in [0.25, 0.3) is 0 Å². The van der Waals surface area contributed by atoms with Crippen molar-refractivity contribution >= 4 is 11.6 Å². The van der Waals surface area contributed by atoms with E-state index in [-0.39, 0.29) is 5.91 Å². The summed E-state index contributed by atoms with van der Waals surface area (Å²) in [6, 6.07) is 6.88. The van der Waals surface area contributed by atoms with E-state index in [0.29, 0.717) is 24.9 Å². The fourth-order valence-corrected chi connectivity index (χ4v) is 3.47. The number of hydrogen-bond acceptors (Lipinski definition) is 3. The van der Waals surface area contributed by atoms with Gasteiger partial charge in [-0.2, -0.15) is 0 Å². The average molecular weight is 273 g/mol. The molecule has 2 unspecified atom stereocenters. The predicted molar refractivity (Wildman–Crippen MR) is 80.6 cm³/mol. The summed E-state index contributed by atoms with van der Waals surface area (Å²) in [5.41, 5.74) is 9.65. The van der Waals surface area contributed by atoms with E-state index >= 15 is 0 Å². The first-order valence-corrected chi connectivity index (χ1v) is 7.51. The minimum Gasteiger partial charge on any atom is -0.371 e. The predicted octanol–water partition coefficient (Wildman–Crippen LogP) is 1.56. The van der Waals surface area contributed by atoms with Gasteiger partial charge in [-0.1, -0.05) is 12.1 Å². The van der Waals surface area contributed by atoms with Crippen LogP contribution < -0.4 is 16.0 Å². The van der Waals surface area contributed by atoms with Gasteiger partial charge < -0.3 is 16.0 Å². The highest BCUT2D eigenvalue weighted by Crippen LogP contribution is 2.31. The smallest absolute Gasteiger partial charge is 0.220 e. The number of amides is 1. The number of carbonyl (C=O) groups excluding carboxylic acids is 1. The van der Waals surface area contributed by atoms with Gasteiger partial charge in [0, 0.05) is 37.8 Å². The summed E-state index contributed by atoms with van der Waals surface area (Å²) in [5.74, 6) is 0.797. The van der Waals surface area contributed by atoms with Crippen LogP contribution in [0, 0.1) is 12.8 Å². The van der Waals surface area contributed by atoms with Gasteiger partial charge in [0.2, 0.25) is 5.91 Å². The molecule has 1 aromatic rings. The van der Waals surface area contributed by atoms with Gasteiger partial charge in [-0.15, -0.1) is 0 Å². The first kappa shape index (κ1) is 13.4. The highest BCUT2D eigenvalue weighted by Gasteiger charge is 2.34. The van der Waals surface area contributed by atoms with Crippen LogP contribution in [-0.2, 0) is 11.3 Å². The zero-order valence-corrected chi connectivity index (χ0v) is 12.1. The van der Waals surface area contributed by atoms with Crippen molar-refractivity contribution in [2.75, 3.05) is 18.0 Å². The summed E-state index contributed by atoms with van der Waals surface area (Å²) in [6.07, 6.45) is 2.72. The Kier molecular flexibility index (Phi) is 3.66. The molecule has 20 heavy (non-hydrogen) atoms. The highest BCUT2D eigenvalue weighted by atomic mass is 16.1. The average Bonchev–Trinajstić information content (AvgIpc) is 2.46. The minimum atomic E-state index is 0.220. The molecule has 2 aliphatic rings. The second-order valence-electron chi connectivity index (χ2n) is 6.04. The van der Waals surface area contributed by atoms with Crippen LogP contribution >= 0.6 is 0 Å². The molecule has 2 fully saturated rings. The molecular weight excluding hydrogens is 250 g/mol. The van der Waals surface area contributed by atoms with E-state index < -0.39 is 0 Å². The minimum absolute atomic E-state index is 0.220. The Balaban J connectivity index is 1.79. The summed E-state index contributed by atoms with van der Waals surface area (Å²) in [5, 5.41) is 3.14. The zero-order chi connectivity index (χ0) is 14.1. The quantitative estimate of drug-likeness (QED) is 0.859. The second kappa shape index (κ2) is 5.44. The molecule has 0 bridgehead atoms. The first-order valence-electron chi connectivity index (χ1n) is 7.51. The summed E-state index contributed by atoms with van der Waals surface area (Å²) in [7, 11) is 0. The lowest BCUT2D eigenvalue weighted by Crippen LogP contribution is -2.54. The van der Waals surface area contributed by atoms with E-state index in [1.54, 1.807) is 0 Å². The number of carbonyl (C=O) groups is 1. The number of aryl methyl sites for hydroxylation is 1. The van der Waals surface area contributed by atoms with Crippen molar-refractivity contribution in [2.24, 2.45) is 11.7 Å². The number of nitrogens with zero attached hydrogens (tertiary/aromatic N) is 1. The topological polar surface area (TPSA) is 58.4 Å². The Morgan fingerprint density at radius 1 is 1.40 bits per heavy atom. The van der Waals surface area contributed by atoms with Crippen molar-refractivity contribution in [3.8, 4) is 0 Å². The third-order valence-electron chi connectivity index (χ3n) is 4.62. The Bertz CT molecular complexity index is 514. The van der Waals surface area contributed by atoms with Crippen LogP contribution in [0.5, 0.6) is 0 Å². The molecule has 0 aliphatic carbocycles. The zero-order valence-electron chi connectivity index (χ0n) is 12.1. The fourth-order valence-electron chi connectivity index (χ4n) is 3.47. The number of nitrogens with one attached hydrogen (secondary N) is 1. The van der Waals surface area contributed by atoms with E-state index in [2.05, 4.69) is 35.3 Å². The van der Waals surface area contributed by atoms with Crippen molar-refractivity contribution in [1.29, 1.82) is 0 Å². The molecule has 4 heteroatoms. The normalized spacial score (nSPS) is 26.1. The highest BCUT2D eigenvalue weighted by molar-refractivity contribution is 5.77. The Labute approximate surface area is 120 Å². The number of rotatable bonds is 2. The third-order valence-corrected chi connectivity index (χ3v) is 4.62. The lowest BCUT2D eigenvalue weighted by Gasteiger charge is -2.43. The van der Waals surface area contributed by atoms with Crippen LogP contribution in [0.4, 0.5) is 5.69 Å². The van der Waals surface area contributed by atoms with E-state index in [1.807, 2.05) is 0 Å². The molecule has 3 rings (SSSR count). The van der Waals surface area contributed by atoms with Crippen molar-refractivity contribution in [3.05, 3.63) is 29.3 Å². The molecule has 108 valence electrons. The van der Waals surface area contributed by atoms with Gasteiger partial charge in [0.1, 0.15) is 0 Å². The standard InChI is InChI=1S/C16H23N3O/c1-11-2-3-12(9-17)15(8-11)19-7-6-14-13(10-19)4-5-16(20)18-14/h2-3,8,13-14H,4-7,9-10,17H2,1H3,(H,18,20). The van der Waals surface area contributed by atoms with Crippen molar-refractivity contribution < 1.29 is 4.79 Å².